The molecular weight excluding hydrogens is 249 g/mol. The number of halogens is 3. The van der Waals surface area contributed by atoms with Crippen LogP contribution in [0.1, 0.15) is 15.9 Å². The minimum atomic E-state index is -4.56. The number of rotatable bonds is 6. The second-order valence-corrected chi connectivity index (χ2v) is 3.51. The summed E-state index contributed by atoms with van der Waals surface area (Å²) in [6.07, 6.45) is -2.61. The number of methoxy groups -OCH3 is 1. The van der Waals surface area contributed by atoms with Gasteiger partial charge in [0, 0.05) is 31.6 Å². The molecule has 0 bridgehead atoms. The molecule has 0 unspecified atom stereocenters. The fourth-order valence-corrected chi connectivity index (χ4v) is 1.34. The number of nitrogens with one attached hydrogen (secondary N) is 1. The van der Waals surface area contributed by atoms with Crippen molar-refractivity contribution in [1.82, 2.24) is 10.3 Å². The lowest BCUT2D eigenvalue weighted by Gasteiger charge is -2.11. The van der Waals surface area contributed by atoms with Crippen LogP contribution in [0.4, 0.5) is 13.2 Å². The summed E-state index contributed by atoms with van der Waals surface area (Å²) in [5.74, 6) is -0.647. The molecule has 0 amide bonds. The molecule has 0 fully saturated rings. The van der Waals surface area contributed by atoms with Crippen molar-refractivity contribution in [3.05, 3.63) is 29.6 Å². The predicted molar refractivity (Wildman–Crippen MR) is 58.3 cm³/mol. The molecule has 0 saturated carbocycles. The van der Waals surface area contributed by atoms with Gasteiger partial charge in [-0.05, 0) is 6.07 Å². The van der Waals surface area contributed by atoms with Crippen molar-refractivity contribution in [2.24, 2.45) is 0 Å². The van der Waals surface area contributed by atoms with Crippen LogP contribution in [0.5, 0.6) is 0 Å². The van der Waals surface area contributed by atoms with Crippen molar-refractivity contribution in [2.45, 2.75) is 6.18 Å². The number of pyridine rings is 1. The molecule has 0 aromatic carbocycles. The van der Waals surface area contributed by atoms with Gasteiger partial charge in [0.15, 0.2) is 5.78 Å². The molecule has 100 valence electrons. The van der Waals surface area contributed by atoms with E-state index in [4.69, 9.17) is 4.74 Å². The molecule has 7 heteroatoms. The molecule has 0 radical (unpaired) electrons. The zero-order chi connectivity index (χ0) is 13.6. The van der Waals surface area contributed by atoms with Gasteiger partial charge in [-0.15, -0.1) is 0 Å². The lowest BCUT2D eigenvalue weighted by atomic mass is 10.1. The van der Waals surface area contributed by atoms with Crippen molar-refractivity contribution in [3.63, 3.8) is 0 Å². The Morgan fingerprint density at radius 3 is 2.83 bits per heavy atom. The highest BCUT2D eigenvalue weighted by molar-refractivity contribution is 5.98. The van der Waals surface area contributed by atoms with E-state index in [1.54, 1.807) is 0 Å². The van der Waals surface area contributed by atoms with Gasteiger partial charge in [0.2, 0.25) is 0 Å². The van der Waals surface area contributed by atoms with Gasteiger partial charge in [-0.2, -0.15) is 13.2 Å². The first-order chi connectivity index (χ1) is 8.46. The van der Waals surface area contributed by atoms with E-state index >= 15 is 0 Å². The summed E-state index contributed by atoms with van der Waals surface area (Å²) in [5, 5.41) is 2.69. The van der Waals surface area contributed by atoms with Crippen LogP contribution in [0.2, 0.25) is 0 Å². The van der Waals surface area contributed by atoms with Gasteiger partial charge < -0.3 is 10.1 Å². The third-order valence-corrected chi connectivity index (χ3v) is 2.20. The highest BCUT2D eigenvalue weighted by atomic mass is 19.4. The summed E-state index contributed by atoms with van der Waals surface area (Å²) in [7, 11) is 1.49. The minimum absolute atomic E-state index is 0.182. The van der Waals surface area contributed by atoms with Gasteiger partial charge in [-0.1, -0.05) is 0 Å². The Kier molecular flexibility index (Phi) is 5.24. The second kappa shape index (κ2) is 6.46. The molecule has 1 heterocycles. The Labute approximate surface area is 102 Å². The van der Waals surface area contributed by atoms with Gasteiger partial charge in [0.05, 0.1) is 18.7 Å². The maximum absolute atomic E-state index is 12.6. The molecule has 0 aliphatic carbocycles. The van der Waals surface area contributed by atoms with Crippen LogP contribution in [0, 0.1) is 0 Å². The van der Waals surface area contributed by atoms with E-state index < -0.39 is 23.1 Å². The van der Waals surface area contributed by atoms with Gasteiger partial charge >= 0.3 is 6.18 Å². The number of carbonyl (C=O) groups excluding carboxylic acids is 1. The summed E-state index contributed by atoms with van der Waals surface area (Å²) < 4.78 is 42.6. The second-order valence-electron chi connectivity index (χ2n) is 3.51. The summed E-state index contributed by atoms with van der Waals surface area (Å²) in [6, 6.07) is 0.794. The minimum Gasteiger partial charge on any atom is -0.383 e. The highest BCUT2D eigenvalue weighted by Crippen LogP contribution is 2.31. The standard InChI is InChI=1S/C11H13F3N2O2/c1-18-5-4-16-7-10(17)8-6-15-3-2-9(8)11(12,13)14/h2-3,6,16H,4-5,7H2,1H3. The predicted octanol–water partition coefficient (Wildman–Crippen LogP) is 1.52. The van der Waals surface area contributed by atoms with Crippen LogP contribution >= 0.6 is 0 Å². The van der Waals surface area contributed by atoms with E-state index in [0.29, 0.717) is 13.2 Å². The van der Waals surface area contributed by atoms with Gasteiger partial charge in [-0.25, -0.2) is 0 Å². The maximum atomic E-state index is 12.6. The zero-order valence-corrected chi connectivity index (χ0v) is 9.75. The number of alkyl halides is 3. The van der Waals surface area contributed by atoms with E-state index in [1.807, 2.05) is 0 Å². The summed E-state index contributed by atoms with van der Waals surface area (Å²) >= 11 is 0. The average molecular weight is 262 g/mol. The fourth-order valence-electron chi connectivity index (χ4n) is 1.34. The molecule has 1 aromatic heterocycles. The molecule has 0 aliphatic rings. The van der Waals surface area contributed by atoms with Crippen molar-refractivity contribution in [2.75, 3.05) is 26.8 Å². The molecule has 18 heavy (non-hydrogen) atoms. The normalized spacial score (nSPS) is 11.6. The highest BCUT2D eigenvalue weighted by Gasteiger charge is 2.34. The number of Topliss-reactive ketones (excluding diaryl/α,β-unsaturated/α-hetero) is 1. The van der Waals surface area contributed by atoms with E-state index in [1.165, 1.54) is 7.11 Å². The molecular formula is C11H13F3N2O2. The average Bonchev–Trinajstić information content (AvgIpc) is 2.33. The van der Waals surface area contributed by atoms with Crippen LogP contribution in [0.3, 0.4) is 0 Å². The number of nitrogens with zero attached hydrogens (tertiary/aromatic N) is 1. The number of hydrogen-bond donors (Lipinski definition) is 1. The Morgan fingerprint density at radius 2 is 2.22 bits per heavy atom. The van der Waals surface area contributed by atoms with Gasteiger partial charge in [-0.3, -0.25) is 9.78 Å². The molecule has 0 spiro atoms. The third kappa shape index (κ3) is 4.08. The lowest BCUT2D eigenvalue weighted by Crippen LogP contribution is -2.27. The van der Waals surface area contributed by atoms with E-state index in [-0.39, 0.29) is 6.54 Å². The van der Waals surface area contributed by atoms with Crippen molar-refractivity contribution in [1.29, 1.82) is 0 Å². The fraction of sp³-hybridized carbons (Fsp3) is 0.455. The molecule has 4 nitrogen and oxygen atoms in total. The first-order valence-electron chi connectivity index (χ1n) is 5.21. The van der Waals surface area contributed by atoms with Crippen LogP contribution in [0.15, 0.2) is 18.5 Å². The summed E-state index contributed by atoms with van der Waals surface area (Å²) in [4.78, 5) is 15.2. The molecule has 0 saturated heterocycles. The lowest BCUT2D eigenvalue weighted by molar-refractivity contribution is -0.138. The van der Waals surface area contributed by atoms with Crippen molar-refractivity contribution >= 4 is 5.78 Å². The number of carbonyl (C=O) groups is 1. The van der Waals surface area contributed by atoms with Crippen LogP contribution in [0.25, 0.3) is 0 Å². The Morgan fingerprint density at radius 1 is 1.50 bits per heavy atom. The SMILES string of the molecule is COCCNCC(=O)c1cnccc1C(F)(F)F. The Balaban J connectivity index is 2.74. The summed E-state index contributed by atoms with van der Waals surface area (Å²) in [5.41, 5.74) is -1.38. The van der Waals surface area contributed by atoms with Gasteiger partial charge in [0.1, 0.15) is 0 Å². The van der Waals surface area contributed by atoms with Crippen molar-refractivity contribution < 1.29 is 22.7 Å². The van der Waals surface area contributed by atoms with Crippen LogP contribution in [-0.2, 0) is 10.9 Å². The Bertz CT molecular complexity index is 408. The first-order valence-corrected chi connectivity index (χ1v) is 5.21. The number of ketones is 1. The number of hydrogen-bond acceptors (Lipinski definition) is 4. The van der Waals surface area contributed by atoms with E-state index in [2.05, 4.69) is 10.3 Å². The summed E-state index contributed by atoms with van der Waals surface area (Å²) in [6.45, 7) is 0.592. The molecule has 1 N–H and O–H groups in total. The van der Waals surface area contributed by atoms with E-state index in [0.717, 1.165) is 18.5 Å². The van der Waals surface area contributed by atoms with Crippen molar-refractivity contribution in [3.8, 4) is 0 Å². The zero-order valence-electron chi connectivity index (χ0n) is 9.75. The first kappa shape index (κ1) is 14.6. The monoisotopic (exact) mass is 262 g/mol. The number of aromatic nitrogens is 1. The smallest absolute Gasteiger partial charge is 0.383 e. The largest absolute Gasteiger partial charge is 0.417 e. The molecule has 1 rings (SSSR count). The maximum Gasteiger partial charge on any atom is 0.417 e. The topological polar surface area (TPSA) is 51.2 Å². The molecule has 0 aliphatic heterocycles. The van der Waals surface area contributed by atoms with E-state index in [9.17, 15) is 18.0 Å². The third-order valence-electron chi connectivity index (χ3n) is 2.20. The van der Waals surface area contributed by atoms with Gasteiger partial charge in [0.25, 0.3) is 0 Å². The quantitative estimate of drug-likeness (QED) is 0.624. The van der Waals surface area contributed by atoms with Crippen LogP contribution in [-0.4, -0.2) is 37.6 Å². The Hall–Kier alpha value is -1.47. The molecule has 1 aromatic rings. The number of ether oxygens (including phenoxy) is 1. The molecule has 0 atom stereocenters. The van der Waals surface area contributed by atoms with Crippen LogP contribution < -0.4 is 5.32 Å².